The summed E-state index contributed by atoms with van der Waals surface area (Å²) in [6, 6.07) is 23.1. The third-order valence-electron chi connectivity index (χ3n) is 3.94. The van der Waals surface area contributed by atoms with E-state index in [9.17, 15) is 9.59 Å². The van der Waals surface area contributed by atoms with Gasteiger partial charge < -0.3 is 20.7 Å². The summed E-state index contributed by atoms with van der Waals surface area (Å²) >= 11 is 0. The average molecular weight is 387 g/mol. The number of nitrogens with one attached hydrogen (secondary N) is 3. The fourth-order valence-corrected chi connectivity index (χ4v) is 2.59. The standard InChI is InChI=1S/C23H21N3O3/c1-29-21-12-5-7-17(15-21)13-14-22(27)24-19-10-6-11-20(16-19)26-23(28)25-18-8-3-2-4-9-18/h2-16H,1H3,(H,24,27)(H2,25,26,28)/b14-13+. The van der Waals surface area contributed by atoms with Crippen LogP contribution in [-0.2, 0) is 4.79 Å². The van der Waals surface area contributed by atoms with E-state index in [1.165, 1.54) is 6.08 Å². The second-order valence-electron chi connectivity index (χ2n) is 6.13. The smallest absolute Gasteiger partial charge is 0.323 e. The molecule has 29 heavy (non-hydrogen) atoms. The van der Waals surface area contributed by atoms with Crippen molar-refractivity contribution in [1.29, 1.82) is 0 Å². The third kappa shape index (κ3) is 6.25. The lowest BCUT2D eigenvalue weighted by Crippen LogP contribution is -2.19. The Hall–Kier alpha value is -4.06. The molecule has 0 unspecified atom stereocenters. The van der Waals surface area contributed by atoms with Gasteiger partial charge in [0.15, 0.2) is 0 Å². The topological polar surface area (TPSA) is 79.5 Å². The van der Waals surface area contributed by atoms with Crippen LogP contribution in [0.15, 0.2) is 84.9 Å². The maximum absolute atomic E-state index is 12.2. The molecular weight excluding hydrogens is 366 g/mol. The van der Waals surface area contributed by atoms with Gasteiger partial charge in [-0.3, -0.25) is 4.79 Å². The van der Waals surface area contributed by atoms with Crippen LogP contribution in [0.4, 0.5) is 21.9 Å². The van der Waals surface area contributed by atoms with Crippen LogP contribution in [0.5, 0.6) is 5.75 Å². The summed E-state index contributed by atoms with van der Waals surface area (Å²) in [6.07, 6.45) is 3.14. The lowest BCUT2D eigenvalue weighted by atomic mass is 10.2. The van der Waals surface area contributed by atoms with E-state index in [-0.39, 0.29) is 11.9 Å². The van der Waals surface area contributed by atoms with E-state index in [0.29, 0.717) is 17.1 Å². The summed E-state index contributed by atoms with van der Waals surface area (Å²) < 4.78 is 5.17. The monoisotopic (exact) mass is 387 g/mol. The molecule has 0 spiro atoms. The van der Waals surface area contributed by atoms with E-state index in [0.717, 1.165) is 11.3 Å². The number of urea groups is 1. The van der Waals surface area contributed by atoms with Gasteiger partial charge in [-0.25, -0.2) is 4.79 Å². The second kappa shape index (κ2) is 9.75. The highest BCUT2D eigenvalue weighted by Crippen LogP contribution is 2.17. The van der Waals surface area contributed by atoms with E-state index in [1.807, 2.05) is 42.5 Å². The van der Waals surface area contributed by atoms with Gasteiger partial charge in [-0.05, 0) is 54.1 Å². The van der Waals surface area contributed by atoms with Crippen LogP contribution in [0, 0.1) is 0 Å². The fraction of sp³-hybridized carbons (Fsp3) is 0.0435. The van der Waals surface area contributed by atoms with Crippen molar-refractivity contribution in [3.05, 3.63) is 90.5 Å². The van der Waals surface area contributed by atoms with Gasteiger partial charge in [0, 0.05) is 23.1 Å². The van der Waals surface area contributed by atoms with Crippen molar-refractivity contribution in [2.24, 2.45) is 0 Å². The highest BCUT2D eigenvalue weighted by atomic mass is 16.5. The molecule has 0 fully saturated rings. The Morgan fingerprint density at radius 3 is 2.17 bits per heavy atom. The molecular formula is C23H21N3O3. The number of benzene rings is 3. The zero-order chi connectivity index (χ0) is 20.5. The second-order valence-corrected chi connectivity index (χ2v) is 6.13. The van der Waals surface area contributed by atoms with Gasteiger partial charge in [0.05, 0.1) is 7.11 Å². The number of hydrogen-bond donors (Lipinski definition) is 3. The number of ether oxygens (including phenoxy) is 1. The molecule has 3 aromatic rings. The van der Waals surface area contributed by atoms with E-state index < -0.39 is 0 Å². The van der Waals surface area contributed by atoms with E-state index >= 15 is 0 Å². The number of anilines is 3. The molecule has 0 aromatic heterocycles. The number of carbonyl (C=O) groups is 2. The molecule has 0 aliphatic heterocycles. The largest absolute Gasteiger partial charge is 0.497 e. The van der Waals surface area contributed by atoms with Crippen molar-refractivity contribution in [2.75, 3.05) is 23.1 Å². The summed E-state index contributed by atoms with van der Waals surface area (Å²) in [7, 11) is 1.59. The van der Waals surface area contributed by atoms with Crippen molar-refractivity contribution in [1.82, 2.24) is 0 Å². The van der Waals surface area contributed by atoms with Crippen molar-refractivity contribution in [3.63, 3.8) is 0 Å². The maximum atomic E-state index is 12.2. The Kier molecular flexibility index (Phi) is 6.62. The lowest BCUT2D eigenvalue weighted by Gasteiger charge is -2.09. The van der Waals surface area contributed by atoms with Gasteiger partial charge in [-0.15, -0.1) is 0 Å². The SMILES string of the molecule is COc1cccc(/C=C/C(=O)Nc2cccc(NC(=O)Nc3ccccc3)c2)c1. The molecule has 0 saturated heterocycles. The minimum atomic E-state index is -0.363. The number of amides is 3. The van der Waals surface area contributed by atoms with Gasteiger partial charge in [0.2, 0.25) is 5.91 Å². The molecule has 0 aliphatic carbocycles. The van der Waals surface area contributed by atoms with Crippen molar-refractivity contribution in [3.8, 4) is 5.75 Å². The van der Waals surface area contributed by atoms with Crippen molar-refractivity contribution in [2.45, 2.75) is 0 Å². The van der Waals surface area contributed by atoms with Crippen molar-refractivity contribution < 1.29 is 14.3 Å². The Bertz CT molecular complexity index is 1020. The molecule has 0 bridgehead atoms. The molecule has 0 radical (unpaired) electrons. The minimum Gasteiger partial charge on any atom is -0.497 e. The van der Waals surface area contributed by atoms with Gasteiger partial charge >= 0.3 is 6.03 Å². The Labute approximate surface area is 169 Å². The number of rotatable bonds is 6. The van der Waals surface area contributed by atoms with Crippen LogP contribution >= 0.6 is 0 Å². The molecule has 6 nitrogen and oxygen atoms in total. The molecule has 3 rings (SSSR count). The number of methoxy groups -OCH3 is 1. The normalized spacial score (nSPS) is 10.4. The zero-order valence-electron chi connectivity index (χ0n) is 15.9. The summed E-state index contributed by atoms with van der Waals surface area (Å²) in [5.41, 5.74) is 2.68. The fourth-order valence-electron chi connectivity index (χ4n) is 2.59. The quantitative estimate of drug-likeness (QED) is 0.521. The number of hydrogen-bond acceptors (Lipinski definition) is 3. The van der Waals surface area contributed by atoms with E-state index in [4.69, 9.17) is 4.74 Å². The van der Waals surface area contributed by atoms with Crippen LogP contribution < -0.4 is 20.7 Å². The molecule has 6 heteroatoms. The Morgan fingerprint density at radius 2 is 1.41 bits per heavy atom. The first kappa shape index (κ1) is 19.7. The summed E-state index contributed by atoms with van der Waals surface area (Å²) in [5, 5.41) is 8.26. The minimum absolute atomic E-state index is 0.279. The Balaban J connectivity index is 1.58. The molecule has 0 saturated carbocycles. The zero-order valence-corrected chi connectivity index (χ0v) is 15.9. The van der Waals surface area contributed by atoms with Crippen LogP contribution in [0.3, 0.4) is 0 Å². The van der Waals surface area contributed by atoms with Crippen molar-refractivity contribution >= 4 is 35.1 Å². The molecule has 0 atom stereocenters. The summed E-state index contributed by atoms with van der Waals surface area (Å²) in [5.74, 6) is 0.443. The molecule has 0 aliphatic rings. The van der Waals surface area contributed by atoms with Gasteiger partial charge in [0.25, 0.3) is 0 Å². The predicted octanol–water partition coefficient (Wildman–Crippen LogP) is 4.99. The maximum Gasteiger partial charge on any atom is 0.323 e. The third-order valence-corrected chi connectivity index (χ3v) is 3.94. The van der Waals surface area contributed by atoms with Crippen LogP contribution in [0.25, 0.3) is 6.08 Å². The van der Waals surface area contributed by atoms with Crippen LogP contribution in [-0.4, -0.2) is 19.0 Å². The summed E-state index contributed by atoms with van der Waals surface area (Å²) in [4.78, 5) is 24.3. The van der Waals surface area contributed by atoms with E-state index in [1.54, 1.807) is 49.6 Å². The van der Waals surface area contributed by atoms with Gasteiger partial charge in [-0.1, -0.05) is 36.4 Å². The molecule has 146 valence electrons. The first-order valence-corrected chi connectivity index (χ1v) is 8.98. The lowest BCUT2D eigenvalue weighted by molar-refractivity contribution is -0.111. The van der Waals surface area contributed by atoms with Crippen LogP contribution in [0.2, 0.25) is 0 Å². The molecule has 3 aromatic carbocycles. The van der Waals surface area contributed by atoms with E-state index in [2.05, 4.69) is 16.0 Å². The highest BCUT2D eigenvalue weighted by Gasteiger charge is 2.04. The first-order valence-electron chi connectivity index (χ1n) is 8.98. The Morgan fingerprint density at radius 1 is 0.759 bits per heavy atom. The van der Waals surface area contributed by atoms with Crippen LogP contribution in [0.1, 0.15) is 5.56 Å². The predicted molar refractivity (Wildman–Crippen MR) is 116 cm³/mol. The first-order chi connectivity index (χ1) is 14.1. The summed E-state index contributed by atoms with van der Waals surface area (Å²) in [6.45, 7) is 0. The van der Waals surface area contributed by atoms with Gasteiger partial charge in [-0.2, -0.15) is 0 Å². The number of carbonyl (C=O) groups excluding carboxylic acids is 2. The molecule has 3 N–H and O–H groups in total. The highest BCUT2D eigenvalue weighted by molar-refractivity contribution is 6.03. The molecule has 3 amide bonds. The molecule has 0 heterocycles. The number of para-hydroxylation sites is 1. The average Bonchev–Trinajstić information content (AvgIpc) is 2.73. The van der Waals surface area contributed by atoms with Gasteiger partial charge in [0.1, 0.15) is 5.75 Å².